The minimum atomic E-state index is -0.391. The first-order valence-corrected chi connectivity index (χ1v) is 6.46. The van der Waals surface area contributed by atoms with E-state index in [4.69, 9.17) is 28.9 Å². The Bertz CT molecular complexity index is 479. The van der Waals surface area contributed by atoms with E-state index >= 15 is 0 Å². The fourth-order valence-electron chi connectivity index (χ4n) is 2.34. The highest BCUT2D eigenvalue weighted by molar-refractivity contribution is 6.42. The van der Waals surface area contributed by atoms with Gasteiger partial charge < -0.3 is 16.2 Å². The van der Waals surface area contributed by atoms with Crippen LogP contribution in [0.5, 0.6) is 5.75 Å². The van der Waals surface area contributed by atoms with Gasteiger partial charge in [-0.25, -0.2) is 0 Å². The van der Waals surface area contributed by atoms with E-state index in [0.717, 1.165) is 6.42 Å². The number of nitrogens with one attached hydrogen (secondary N) is 1. The van der Waals surface area contributed by atoms with Crippen LogP contribution in [-0.2, 0) is 4.79 Å². The second-order valence-corrected chi connectivity index (χ2v) is 5.21. The summed E-state index contributed by atoms with van der Waals surface area (Å²) < 4.78 is 0. The summed E-state index contributed by atoms with van der Waals surface area (Å²) in [5.41, 5.74) is 5.90. The summed E-state index contributed by atoms with van der Waals surface area (Å²) in [6.07, 6.45) is 1.29. The van der Waals surface area contributed by atoms with Crippen LogP contribution in [-0.4, -0.2) is 23.6 Å². The molecule has 1 fully saturated rings. The van der Waals surface area contributed by atoms with Crippen LogP contribution in [0.25, 0.3) is 0 Å². The first-order valence-electron chi connectivity index (χ1n) is 5.70. The Hall–Kier alpha value is -0.970. The Kier molecular flexibility index (Phi) is 4.00. The number of carbonyl (C=O) groups is 1. The number of carbonyl (C=O) groups excluding carboxylic acids is 1. The lowest BCUT2D eigenvalue weighted by atomic mass is 9.85. The summed E-state index contributed by atoms with van der Waals surface area (Å²) in [7, 11) is 0. The molecule has 98 valence electrons. The van der Waals surface area contributed by atoms with Crippen molar-refractivity contribution in [2.45, 2.75) is 24.8 Å². The number of phenolic OH excluding ortho intramolecular Hbond substituents is 1. The van der Waals surface area contributed by atoms with Crippen LogP contribution in [0.1, 0.15) is 24.3 Å². The average Bonchev–Trinajstić information content (AvgIpc) is 2.35. The lowest BCUT2D eigenvalue weighted by Gasteiger charge is -2.29. The van der Waals surface area contributed by atoms with E-state index in [0.29, 0.717) is 28.6 Å². The zero-order valence-electron chi connectivity index (χ0n) is 9.62. The van der Waals surface area contributed by atoms with Crippen molar-refractivity contribution in [3.8, 4) is 5.75 Å². The number of nitrogens with two attached hydrogens (primary N) is 1. The molecule has 4 nitrogen and oxygen atoms in total. The highest BCUT2D eigenvalue weighted by atomic mass is 35.5. The molecular weight excluding hydrogens is 275 g/mol. The van der Waals surface area contributed by atoms with Gasteiger partial charge in [0.15, 0.2) is 0 Å². The summed E-state index contributed by atoms with van der Waals surface area (Å²) in [5, 5.41) is 13.7. The maximum Gasteiger partial charge on any atom is 0.234 e. The van der Waals surface area contributed by atoms with E-state index in [1.807, 2.05) is 0 Å². The SMILES string of the molecule is NC(=O)C1CC(c2c(O)ccc(Cl)c2Cl)CCN1. The molecule has 1 aromatic carbocycles. The largest absolute Gasteiger partial charge is 0.508 e. The maximum absolute atomic E-state index is 11.2. The van der Waals surface area contributed by atoms with Crippen LogP contribution >= 0.6 is 23.2 Å². The molecule has 0 saturated carbocycles. The van der Waals surface area contributed by atoms with E-state index in [2.05, 4.69) is 5.32 Å². The van der Waals surface area contributed by atoms with Gasteiger partial charge in [-0.3, -0.25) is 4.79 Å². The van der Waals surface area contributed by atoms with Crippen molar-refractivity contribution in [2.24, 2.45) is 5.73 Å². The molecule has 0 aliphatic carbocycles. The number of aromatic hydroxyl groups is 1. The van der Waals surface area contributed by atoms with Crippen molar-refractivity contribution in [2.75, 3.05) is 6.54 Å². The minimum Gasteiger partial charge on any atom is -0.508 e. The highest BCUT2D eigenvalue weighted by Crippen LogP contribution is 2.41. The van der Waals surface area contributed by atoms with E-state index < -0.39 is 11.9 Å². The molecule has 0 radical (unpaired) electrons. The van der Waals surface area contributed by atoms with Gasteiger partial charge >= 0.3 is 0 Å². The number of hydrogen-bond donors (Lipinski definition) is 3. The van der Waals surface area contributed by atoms with Crippen molar-refractivity contribution in [1.82, 2.24) is 5.32 Å². The monoisotopic (exact) mass is 288 g/mol. The topological polar surface area (TPSA) is 75.4 Å². The average molecular weight is 289 g/mol. The van der Waals surface area contributed by atoms with Crippen molar-refractivity contribution in [3.63, 3.8) is 0 Å². The normalized spacial score (nSPS) is 23.9. The molecule has 1 saturated heterocycles. The third kappa shape index (κ3) is 2.55. The molecule has 0 spiro atoms. The Morgan fingerprint density at radius 2 is 2.17 bits per heavy atom. The first kappa shape index (κ1) is 13.5. The molecule has 2 atom stereocenters. The molecule has 1 aliphatic rings. The predicted molar refractivity (Wildman–Crippen MR) is 71.1 cm³/mol. The lowest BCUT2D eigenvalue weighted by Crippen LogP contribution is -2.46. The summed E-state index contributed by atoms with van der Waals surface area (Å²) in [4.78, 5) is 11.2. The van der Waals surface area contributed by atoms with Gasteiger partial charge in [0.25, 0.3) is 0 Å². The van der Waals surface area contributed by atoms with Crippen LogP contribution in [0.3, 0.4) is 0 Å². The fourth-order valence-corrected chi connectivity index (χ4v) is 2.82. The molecular formula is C12H14Cl2N2O2. The second-order valence-electron chi connectivity index (χ2n) is 4.42. The van der Waals surface area contributed by atoms with Gasteiger partial charge in [-0.05, 0) is 37.4 Å². The number of phenols is 1. The molecule has 0 bridgehead atoms. The number of halogens is 2. The molecule has 1 aromatic rings. The van der Waals surface area contributed by atoms with E-state index in [1.165, 1.54) is 6.07 Å². The third-order valence-electron chi connectivity index (χ3n) is 3.27. The van der Waals surface area contributed by atoms with Crippen LogP contribution < -0.4 is 11.1 Å². The minimum absolute atomic E-state index is 0.0186. The van der Waals surface area contributed by atoms with Crippen LogP contribution in [0, 0.1) is 0 Å². The molecule has 0 aromatic heterocycles. The molecule has 18 heavy (non-hydrogen) atoms. The summed E-state index contributed by atoms with van der Waals surface area (Å²) in [6, 6.07) is 2.68. The van der Waals surface area contributed by atoms with Gasteiger partial charge in [0.2, 0.25) is 5.91 Å². The van der Waals surface area contributed by atoms with Gasteiger partial charge in [-0.15, -0.1) is 0 Å². The number of hydrogen-bond acceptors (Lipinski definition) is 3. The number of piperidine rings is 1. The number of primary amides is 1. The highest BCUT2D eigenvalue weighted by Gasteiger charge is 2.29. The molecule has 2 unspecified atom stereocenters. The zero-order valence-corrected chi connectivity index (χ0v) is 11.1. The number of amides is 1. The molecule has 4 N–H and O–H groups in total. The zero-order chi connectivity index (χ0) is 13.3. The van der Waals surface area contributed by atoms with Crippen molar-refractivity contribution in [1.29, 1.82) is 0 Å². The quantitative estimate of drug-likeness (QED) is 0.779. The first-order chi connectivity index (χ1) is 8.50. The van der Waals surface area contributed by atoms with Crippen molar-refractivity contribution in [3.05, 3.63) is 27.7 Å². The third-order valence-corrected chi connectivity index (χ3v) is 4.08. The van der Waals surface area contributed by atoms with Gasteiger partial charge in [-0.1, -0.05) is 23.2 Å². The number of rotatable bonds is 2. The van der Waals surface area contributed by atoms with Gasteiger partial charge in [-0.2, -0.15) is 0 Å². The Labute approximate surface area is 115 Å². The van der Waals surface area contributed by atoms with E-state index in [1.54, 1.807) is 6.07 Å². The number of benzene rings is 1. The van der Waals surface area contributed by atoms with Gasteiger partial charge in [0.1, 0.15) is 5.75 Å². The smallest absolute Gasteiger partial charge is 0.234 e. The van der Waals surface area contributed by atoms with Crippen LogP contribution in [0.4, 0.5) is 0 Å². The van der Waals surface area contributed by atoms with E-state index in [9.17, 15) is 9.90 Å². The second kappa shape index (κ2) is 5.34. The molecule has 1 heterocycles. The van der Waals surface area contributed by atoms with Crippen molar-refractivity contribution < 1.29 is 9.90 Å². The summed E-state index contributed by atoms with van der Waals surface area (Å²) >= 11 is 12.1. The van der Waals surface area contributed by atoms with E-state index in [-0.39, 0.29) is 11.7 Å². The predicted octanol–water partition coefficient (Wildman–Crippen LogP) is 2.02. The Morgan fingerprint density at radius 1 is 1.44 bits per heavy atom. The summed E-state index contributed by atoms with van der Waals surface area (Å²) in [5.74, 6) is -0.299. The Balaban J connectivity index is 2.31. The molecule has 1 aliphatic heterocycles. The van der Waals surface area contributed by atoms with Crippen molar-refractivity contribution >= 4 is 29.1 Å². The van der Waals surface area contributed by atoms with Crippen LogP contribution in [0.2, 0.25) is 10.0 Å². The molecule has 1 amide bonds. The standard InChI is InChI=1S/C12H14Cl2N2O2/c13-7-1-2-9(17)10(11(7)14)6-3-4-16-8(5-6)12(15)18/h1-2,6,8,16-17H,3-5H2,(H2,15,18). The van der Waals surface area contributed by atoms with Gasteiger partial charge in [0, 0.05) is 5.56 Å². The maximum atomic E-state index is 11.2. The lowest BCUT2D eigenvalue weighted by molar-refractivity contribution is -0.120. The molecule has 6 heteroatoms. The fraction of sp³-hybridized carbons (Fsp3) is 0.417. The van der Waals surface area contributed by atoms with Crippen LogP contribution in [0.15, 0.2) is 12.1 Å². The summed E-state index contributed by atoms with van der Waals surface area (Å²) in [6.45, 7) is 0.653. The van der Waals surface area contributed by atoms with Gasteiger partial charge in [0.05, 0.1) is 16.1 Å². The molecule has 2 rings (SSSR count). The Morgan fingerprint density at radius 3 is 2.83 bits per heavy atom.